The Kier molecular flexibility index (Phi) is 3.05. The van der Waals surface area contributed by atoms with Gasteiger partial charge in [0.1, 0.15) is 0 Å². The summed E-state index contributed by atoms with van der Waals surface area (Å²) in [7, 11) is 1.45. The van der Waals surface area contributed by atoms with Crippen LogP contribution in [0.4, 0.5) is 0 Å². The number of hydrogen-bond donors (Lipinski definition) is 1. The molecule has 0 aliphatic carbocycles. The van der Waals surface area contributed by atoms with Crippen LogP contribution in [0.5, 0.6) is 0 Å². The highest BCUT2D eigenvalue weighted by molar-refractivity contribution is 8.00. The number of methoxy groups -OCH3 is 1. The van der Waals surface area contributed by atoms with Crippen molar-refractivity contribution in [3.8, 4) is 0 Å². The maximum Gasteiger partial charge on any atom is 0.307 e. The molecule has 0 fully saturated rings. The molecule has 1 aromatic carbocycles. The minimum absolute atomic E-state index is 0.151. The first-order chi connectivity index (χ1) is 9.14. The monoisotopic (exact) mass is 275 g/mol. The highest BCUT2D eigenvalue weighted by atomic mass is 32.2. The number of ether oxygens (including phenoxy) is 1. The van der Waals surface area contributed by atoms with Gasteiger partial charge in [-0.15, -0.1) is 11.8 Å². The van der Waals surface area contributed by atoms with E-state index in [4.69, 9.17) is 4.74 Å². The van der Waals surface area contributed by atoms with E-state index in [9.17, 15) is 4.79 Å². The van der Waals surface area contributed by atoms with E-state index >= 15 is 0 Å². The summed E-state index contributed by atoms with van der Waals surface area (Å²) >= 11 is 1.84. The third-order valence-electron chi connectivity index (χ3n) is 3.82. The minimum Gasteiger partial charge on any atom is -0.469 e. The maximum atomic E-state index is 11.7. The molecule has 0 radical (unpaired) electrons. The number of nitrogens with one attached hydrogen (secondary N) is 1. The summed E-state index contributed by atoms with van der Waals surface area (Å²) in [6, 6.07) is 8.35. The van der Waals surface area contributed by atoms with Gasteiger partial charge < -0.3 is 9.72 Å². The Morgan fingerprint density at radius 3 is 3.05 bits per heavy atom. The van der Waals surface area contributed by atoms with Gasteiger partial charge in [-0.05, 0) is 30.7 Å². The van der Waals surface area contributed by atoms with E-state index < -0.39 is 0 Å². The van der Waals surface area contributed by atoms with Gasteiger partial charge in [-0.2, -0.15) is 0 Å². The summed E-state index contributed by atoms with van der Waals surface area (Å²) in [4.78, 5) is 15.2. The normalized spacial score (nSPS) is 22.2. The molecular formula is C15H17NO2S. The van der Waals surface area contributed by atoms with Gasteiger partial charge in [0.15, 0.2) is 0 Å². The third kappa shape index (κ3) is 2.04. The van der Waals surface area contributed by atoms with Gasteiger partial charge in [0.25, 0.3) is 0 Å². The number of aromatic nitrogens is 1. The number of hydrogen-bond acceptors (Lipinski definition) is 3. The fourth-order valence-corrected chi connectivity index (χ4v) is 4.14. The molecule has 2 aromatic rings. The van der Waals surface area contributed by atoms with Crippen LogP contribution >= 0.6 is 11.8 Å². The first-order valence-corrected chi connectivity index (χ1v) is 7.43. The lowest BCUT2D eigenvalue weighted by atomic mass is 9.96. The van der Waals surface area contributed by atoms with Gasteiger partial charge in [-0.1, -0.05) is 18.2 Å². The van der Waals surface area contributed by atoms with Crippen LogP contribution in [-0.4, -0.2) is 23.8 Å². The Hall–Kier alpha value is -1.42. The zero-order valence-electron chi connectivity index (χ0n) is 11.2. The Balaban J connectivity index is 2.11. The van der Waals surface area contributed by atoms with Gasteiger partial charge in [0.05, 0.1) is 18.3 Å². The molecule has 1 N–H and O–H groups in total. The second-order valence-electron chi connectivity index (χ2n) is 5.11. The van der Waals surface area contributed by atoms with E-state index in [1.807, 2.05) is 17.8 Å². The molecule has 0 amide bonds. The van der Waals surface area contributed by atoms with Gasteiger partial charge in [0, 0.05) is 16.6 Å². The Bertz CT molecular complexity index is 634. The van der Waals surface area contributed by atoms with E-state index in [1.165, 1.54) is 23.8 Å². The number of benzene rings is 1. The summed E-state index contributed by atoms with van der Waals surface area (Å²) in [6.45, 7) is 2.13. The number of carbonyl (C=O) groups is 1. The molecule has 100 valence electrons. The summed E-state index contributed by atoms with van der Waals surface area (Å²) < 4.78 is 4.63. The number of para-hydroxylation sites is 1. The number of thioether (sulfide) groups is 1. The van der Waals surface area contributed by atoms with Crippen molar-refractivity contribution < 1.29 is 9.53 Å². The number of aromatic amines is 1. The van der Waals surface area contributed by atoms with Crippen LogP contribution in [0, 0.1) is 0 Å². The highest BCUT2D eigenvalue weighted by Gasteiger charge is 2.37. The molecule has 4 heteroatoms. The first-order valence-electron chi connectivity index (χ1n) is 6.45. The molecule has 3 rings (SSSR count). The van der Waals surface area contributed by atoms with Gasteiger partial charge >= 0.3 is 5.97 Å². The van der Waals surface area contributed by atoms with Crippen LogP contribution in [0.15, 0.2) is 24.3 Å². The van der Waals surface area contributed by atoms with Gasteiger partial charge in [-0.25, -0.2) is 0 Å². The first kappa shape index (κ1) is 12.6. The molecule has 19 heavy (non-hydrogen) atoms. The lowest BCUT2D eigenvalue weighted by Gasteiger charge is -2.32. The summed E-state index contributed by atoms with van der Waals surface area (Å²) in [5, 5.41) is 1.29. The van der Waals surface area contributed by atoms with Crippen LogP contribution in [0.1, 0.15) is 24.6 Å². The van der Waals surface area contributed by atoms with Crippen LogP contribution < -0.4 is 0 Å². The second-order valence-corrected chi connectivity index (χ2v) is 6.70. The minimum atomic E-state index is -0.209. The SMILES string of the molecule is COC(=O)CC1(C)SCCc2c1[nH]c1ccccc21. The molecule has 3 nitrogen and oxygen atoms in total. The molecule has 0 saturated heterocycles. The van der Waals surface area contributed by atoms with Crippen molar-refractivity contribution in [2.24, 2.45) is 0 Å². The maximum absolute atomic E-state index is 11.7. The summed E-state index contributed by atoms with van der Waals surface area (Å²) in [6.07, 6.45) is 1.47. The number of fused-ring (bicyclic) bond motifs is 3. The van der Waals surface area contributed by atoms with E-state index in [2.05, 4.69) is 30.1 Å². The van der Waals surface area contributed by atoms with Crippen LogP contribution in [0.3, 0.4) is 0 Å². The quantitative estimate of drug-likeness (QED) is 0.856. The number of H-pyrrole nitrogens is 1. The van der Waals surface area contributed by atoms with Crippen molar-refractivity contribution in [3.05, 3.63) is 35.5 Å². The van der Waals surface area contributed by atoms with Crippen LogP contribution in [0.25, 0.3) is 10.9 Å². The Labute approximate surface area is 116 Å². The van der Waals surface area contributed by atoms with Crippen molar-refractivity contribution in [2.45, 2.75) is 24.5 Å². The molecule has 1 atom stereocenters. The van der Waals surface area contributed by atoms with Gasteiger partial charge in [-0.3, -0.25) is 4.79 Å². The van der Waals surface area contributed by atoms with Crippen molar-refractivity contribution in [3.63, 3.8) is 0 Å². The van der Waals surface area contributed by atoms with Crippen molar-refractivity contribution in [1.82, 2.24) is 4.98 Å². The highest BCUT2D eigenvalue weighted by Crippen LogP contribution is 2.46. The standard InChI is InChI=1S/C15H17NO2S/c1-15(9-13(17)18-2)14-11(7-8-19-15)10-5-3-4-6-12(10)16-14/h3-6,16H,7-9H2,1-2H3. The second kappa shape index (κ2) is 4.60. The predicted molar refractivity (Wildman–Crippen MR) is 78.4 cm³/mol. The van der Waals surface area contributed by atoms with Crippen LogP contribution in [-0.2, 0) is 20.7 Å². The summed E-state index contributed by atoms with van der Waals surface area (Å²) in [5.41, 5.74) is 3.71. The van der Waals surface area contributed by atoms with E-state index in [0.717, 1.165) is 17.7 Å². The van der Waals surface area contributed by atoms with E-state index in [0.29, 0.717) is 6.42 Å². The van der Waals surface area contributed by atoms with Crippen molar-refractivity contribution in [2.75, 3.05) is 12.9 Å². The molecule has 0 saturated carbocycles. The molecule has 2 heterocycles. The molecule has 1 unspecified atom stereocenters. The predicted octanol–water partition coefficient (Wildman–Crippen LogP) is 3.24. The largest absolute Gasteiger partial charge is 0.469 e. The zero-order chi connectivity index (χ0) is 13.5. The average molecular weight is 275 g/mol. The molecule has 0 spiro atoms. The lowest BCUT2D eigenvalue weighted by molar-refractivity contribution is -0.141. The number of carbonyl (C=O) groups excluding carboxylic acids is 1. The van der Waals surface area contributed by atoms with Crippen molar-refractivity contribution >= 4 is 28.6 Å². The fraction of sp³-hybridized carbons (Fsp3) is 0.400. The topological polar surface area (TPSA) is 42.1 Å². The number of aryl methyl sites for hydroxylation is 1. The van der Waals surface area contributed by atoms with E-state index in [1.54, 1.807) is 0 Å². The zero-order valence-corrected chi connectivity index (χ0v) is 12.0. The smallest absolute Gasteiger partial charge is 0.307 e. The average Bonchev–Trinajstić information content (AvgIpc) is 2.79. The molecule has 0 bridgehead atoms. The molecule has 1 aliphatic heterocycles. The fourth-order valence-electron chi connectivity index (χ4n) is 2.85. The Morgan fingerprint density at radius 1 is 1.47 bits per heavy atom. The van der Waals surface area contributed by atoms with Gasteiger partial charge in [0.2, 0.25) is 0 Å². The van der Waals surface area contributed by atoms with Crippen molar-refractivity contribution in [1.29, 1.82) is 0 Å². The van der Waals surface area contributed by atoms with E-state index in [-0.39, 0.29) is 10.7 Å². The summed E-state index contributed by atoms with van der Waals surface area (Å²) in [5.74, 6) is 0.893. The molecule has 1 aromatic heterocycles. The lowest BCUT2D eigenvalue weighted by Crippen LogP contribution is -2.28. The number of rotatable bonds is 2. The Morgan fingerprint density at radius 2 is 2.26 bits per heavy atom. The number of esters is 1. The molecule has 1 aliphatic rings. The third-order valence-corrected chi connectivity index (χ3v) is 5.22. The van der Waals surface area contributed by atoms with Crippen LogP contribution in [0.2, 0.25) is 0 Å². The molecular weight excluding hydrogens is 258 g/mol.